The molecular weight excluding hydrogens is 361 g/mol. The van der Waals surface area contributed by atoms with Crippen molar-refractivity contribution >= 4 is 18.7 Å². The van der Waals surface area contributed by atoms with E-state index in [1.54, 1.807) is 0 Å². The lowest BCUT2D eigenvalue weighted by atomic mass is 9.77. The quantitative estimate of drug-likeness (QED) is 0.569. The molecule has 2 aliphatic rings. The van der Waals surface area contributed by atoms with Gasteiger partial charge in [0.05, 0.1) is 12.7 Å². The molecule has 154 valence electrons. The molecule has 1 unspecified atom stereocenters. The summed E-state index contributed by atoms with van der Waals surface area (Å²) in [6, 6.07) is 5.83. The number of alkyl carbamates (subject to hydrolysis) is 1. The lowest BCUT2D eigenvalue weighted by Crippen LogP contribution is -2.38. The van der Waals surface area contributed by atoms with Crippen molar-refractivity contribution in [1.29, 1.82) is 0 Å². The molecule has 2 heterocycles. The molecule has 1 amide bonds. The van der Waals surface area contributed by atoms with Crippen LogP contribution in [0.1, 0.15) is 52.2 Å². The molecule has 2 atom stereocenters. The van der Waals surface area contributed by atoms with Gasteiger partial charge in [-0.3, -0.25) is 0 Å². The van der Waals surface area contributed by atoms with Crippen LogP contribution in [0, 0.1) is 0 Å². The Bertz CT molecular complexity index is 677. The van der Waals surface area contributed by atoms with Crippen molar-refractivity contribution in [2.45, 2.75) is 58.3 Å². The van der Waals surface area contributed by atoms with Gasteiger partial charge in [-0.1, -0.05) is 25.5 Å². The molecule has 2 aliphatic heterocycles. The van der Waals surface area contributed by atoms with Gasteiger partial charge in [0.1, 0.15) is 24.1 Å². The van der Waals surface area contributed by atoms with Crippen LogP contribution in [-0.4, -0.2) is 51.3 Å². The number of hydrogen-bond donors (Lipinski definition) is 1. The molecule has 0 aliphatic carbocycles. The first-order chi connectivity index (χ1) is 13.4. The summed E-state index contributed by atoms with van der Waals surface area (Å²) in [5.41, 5.74) is 1.32. The number of hydrogen-bond acceptors (Lipinski definition) is 6. The van der Waals surface area contributed by atoms with Gasteiger partial charge in [-0.2, -0.15) is 0 Å². The summed E-state index contributed by atoms with van der Waals surface area (Å²) in [5.74, 6) is 0.762. The number of rotatable bonds is 7. The Balaban J connectivity index is 1.62. The Morgan fingerprint density at radius 1 is 1.32 bits per heavy atom. The summed E-state index contributed by atoms with van der Waals surface area (Å²) >= 11 is 0. The first-order valence-electron chi connectivity index (χ1n) is 9.98. The fraction of sp³-hybridized carbons (Fsp3) is 0.650. The van der Waals surface area contributed by atoms with E-state index in [1.165, 1.54) is 0 Å². The number of benzene rings is 1. The summed E-state index contributed by atoms with van der Waals surface area (Å²) in [4.78, 5) is 12.0. The van der Waals surface area contributed by atoms with E-state index in [0.717, 1.165) is 29.6 Å². The van der Waals surface area contributed by atoms with Crippen LogP contribution in [0.4, 0.5) is 4.79 Å². The number of amides is 1. The van der Waals surface area contributed by atoms with E-state index in [-0.39, 0.29) is 12.2 Å². The smallest absolute Gasteiger partial charge is 0.491 e. The van der Waals surface area contributed by atoms with Gasteiger partial charge in [-0.15, -0.1) is 0 Å². The maximum absolute atomic E-state index is 12.0. The Morgan fingerprint density at radius 2 is 2.14 bits per heavy atom. The molecule has 0 bridgehead atoms. The zero-order chi connectivity index (χ0) is 20.1. The van der Waals surface area contributed by atoms with Crippen molar-refractivity contribution in [3.63, 3.8) is 0 Å². The van der Waals surface area contributed by atoms with E-state index >= 15 is 0 Å². The second-order valence-corrected chi connectivity index (χ2v) is 8.10. The first kappa shape index (κ1) is 21.0. The largest absolute Gasteiger partial charge is 0.499 e. The Morgan fingerprint density at radius 3 is 2.89 bits per heavy atom. The lowest BCUT2D eigenvalue weighted by molar-refractivity contribution is 0.0115. The van der Waals surface area contributed by atoms with Crippen molar-refractivity contribution in [2.24, 2.45) is 0 Å². The minimum atomic E-state index is -0.545. The summed E-state index contributed by atoms with van der Waals surface area (Å²) in [5, 5.41) is 2.77. The van der Waals surface area contributed by atoms with Gasteiger partial charge in [0.2, 0.25) is 0 Å². The summed E-state index contributed by atoms with van der Waals surface area (Å²) in [7, 11) is -0.529. The lowest BCUT2D eigenvalue weighted by Gasteiger charge is -2.22. The van der Waals surface area contributed by atoms with Crippen LogP contribution in [0.5, 0.6) is 5.75 Å². The van der Waals surface area contributed by atoms with Crippen molar-refractivity contribution in [2.75, 3.05) is 26.4 Å². The van der Waals surface area contributed by atoms with E-state index in [4.69, 9.17) is 23.5 Å². The Labute approximate surface area is 167 Å². The summed E-state index contributed by atoms with van der Waals surface area (Å²) in [6.45, 7) is 9.51. The number of unbranched alkanes of at least 4 members (excludes halogenated alkanes) is 1. The molecule has 0 radical (unpaired) electrons. The predicted octanol–water partition coefficient (Wildman–Crippen LogP) is 2.57. The van der Waals surface area contributed by atoms with Gasteiger partial charge in [-0.25, -0.2) is 4.79 Å². The molecule has 1 aromatic rings. The Kier molecular flexibility index (Phi) is 6.85. The van der Waals surface area contributed by atoms with E-state index in [9.17, 15) is 4.79 Å². The molecule has 0 spiro atoms. The number of carbonyl (C=O) groups is 1. The van der Waals surface area contributed by atoms with Crippen LogP contribution in [0.25, 0.3) is 0 Å². The standard InChI is InChI=1S/C20H30BNO6/c1-5-6-10-24-12-14-13-25-16-9-7-8-15-17(28-21(27-14)18(15)16)11-22-19(23)26-20(2,3)4/h7-9,14,17H,5-6,10-13H2,1-4H3,(H,22,23)/t14-,17?/m0/s1. The highest BCUT2D eigenvalue weighted by molar-refractivity contribution is 6.64. The number of ether oxygens (including phenoxy) is 3. The SMILES string of the molecule is CCCCOC[C@H]1COc2cccc3c2B(OC3CNC(=O)OC(C)(C)C)O1. The third-order valence-electron chi connectivity index (χ3n) is 4.49. The summed E-state index contributed by atoms with van der Waals surface area (Å²) in [6.07, 6.45) is 1.12. The fourth-order valence-corrected chi connectivity index (χ4v) is 3.20. The second kappa shape index (κ2) is 9.16. The molecule has 0 saturated heterocycles. The molecule has 8 heteroatoms. The minimum Gasteiger partial charge on any atom is -0.491 e. The highest BCUT2D eigenvalue weighted by atomic mass is 16.6. The molecular formula is C20H30BNO6. The van der Waals surface area contributed by atoms with Gasteiger partial charge in [0.25, 0.3) is 0 Å². The van der Waals surface area contributed by atoms with Crippen molar-refractivity contribution in [3.8, 4) is 5.75 Å². The van der Waals surface area contributed by atoms with E-state index in [2.05, 4.69) is 12.2 Å². The minimum absolute atomic E-state index is 0.209. The maximum Gasteiger partial charge on any atom is 0.499 e. The molecule has 1 N–H and O–H groups in total. The van der Waals surface area contributed by atoms with Crippen molar-refractivity contribution < 1.29 is 28.3 Å². The van der Waals surface area contributed by atoms with Crippen LogP contribution < -0.4 is 15.5 Å². The van der Waals surface area contributed by atoms with Crippen LogP contribution in [0.15, 0.2) is 18.2 Å². The molecule has 3 rings (SSSR count). The first-order valence-corrected chi connectivity index (χ1v) is 9.98. The van der Waals surface area contributed by atoms with Crippen LogP contribution >= 0.6 is 0 Å². The monoisotopic (exact) mass is 391 g/mol. The number of carbonyl (C=O) groups excluding carboxylic acids is 1. The average Bonchev–Trinajstić information content (AvgIpc) is 2.87. The molecule has 0 saturated carbocycles. The highest BCUT2D eigenvalue weighted by Crippen LogP contribution is 2.30. The van der Waals surface area contributed by atoms with Crippen LogP contribution in [0.3, 0.4) is 0 Å². The van der Waals surface area contributed by atoms with Crippen molar-refractivity contribution in [3.05, 3.63) is 23.8 Å². The number of nitrogens with one attached hydrogen (secondary N) is 1. The second-order valence-electron chi connectivity index (χ2n) is 8.10. The van der Waals surface area contributed by atoms with Gasteiger partial charge in [0.15, 0.2) is 0 Å². The zero-order valence-corrected chi connectivity index (χ0v) is 17.2. The normalized spacial score (nSPS) is 20.9. The van der Waals surface area contributed by atoms with Crippen LogP contribution in [0.2, 0.25) is 0 Å². The van der Waals surface area contributed by atoms with Crippen LogP contribution in [-0.2, 0) is 18.8 Å². The van der Waals surface area contributed by atoms with Gasteiger partial charge < -0.3 is 28.8 Å². The molecule has 28 heavy (non-hydrogen) atoms. The fourth-order valence-electron chi connectivity index (χ4n) is 3.20. The highest BCUT2D eigenvalue weighted by Gasteiger charge is 2.43. The zero-order valence-electron chi connectivity index (χ0n) is 17.2. The third kappa shape index (κ3) is 5.40. The third-order valence-corrected chi connectivity index (χ3v) is 4.49. The molecule has 1 aromatic carbocycles. The molecule has 0 aromatic heterocycles. The van der Waals surface area contributed by atoms with Crippen molar-refractivity contribution in [1.82, 2.24) is 5.32 Å². The average molecular weight is 391 g/mol. The maximum atomic E-state index is 12.0. The predicted molar refractivity (Wildman–Crippen MR) is 106 cm³/mol. The topological polar surface area (TPSA) is 75.2 Å². The van der Waals surface area contributed by atoms with Gasteiger partial charge >= 0.3 is 13.2 Å². The van der Waals surface area contributed by atoms with Gasteiger partial charge in [-0.05, 0) is 38.8 Å². The van der Waals surface area contributed by atoms with E-state index < -0.39 is 18.8 Å². The summed E-state index contributed by atoms with van der Waals surface area (Å²) < 4.78 is 29.2. The van der Waals surface area contributed by atoms with E-state index in [0.29, 0.717) is 26.4 Å². The van der Waals surface area contributed by atoms with E-state index in [1.807, 2.05) is 39.0 Å². The Hall–Kier alpha value is -1.77. The molecule has 0 fully saturated rings. The molecule has 7 nitrogen and oxygen atoms in total. The van der Waals surface area contributed by atoms with Gasteiger partial charge in [0, 0.05) is 18.6 Å².